The minimum atomic E-state index is -0.554. The van der Waals surface area contributed by atoms with E-state index in [1.807, 2.05) is 6.07 Å². The Balaban J connectivity index is 1.92. The first-order chi connectivity index (χ1) is 11.5. The number of rotatable bonds is 5. The summed E-state index contributed by atoms with van der Waals surface area (Å²) in [5.74, 6) is -0.726. The summed E-state index contributed by atoms with van der Waals surface area (Å²) in [6.07, 6.45) is 0.0351. The lowest BCUT2D eigenvalue weighted by molar-refractivity contribution is -0.121. The van der Waals surface area contributed by atoms with Crippen molar-refractivity contribution in [1.82, 2.24) is 4.98 Å². The Morgan fingerprint density at radius 1 is 1.29 bits per heavy atom. The van der Waals surface area contributed by atoms with Gasteiger partial charge in [-0.25, -0.2) is 4.39 Å². The van der Waals surface area contributed by atoms with Gasteiger partial charge in [-0.1, -0.05) is 43.6 Å². The number of para-hydroxylation sites is 1. The van der Waals surface area contributed by atoms with Gasteiger partial charge in [-0.2, -0.15) is 4.98 Å². The van der Waals surface area contributed by atoms with Crippen LogP contribution in [0, 0.1) is 11.7 Å². The predicted octanol–water partition coefficient (Wildman–Crippen LogP) is 5.13. The zero-order valence-electron chi connectivity index (χ0n) is 13.3. The SMILES string of the molecule is CC(C)C(=O)Cc1ccc2nc(Nc3ccccc3Cl)oc2c1F. The predicted molar refractivity (Wildman–Crippen MR) is 92.3 cm³/mol. The van der Waals surface area contributed by atoms with Crippen LogP contribution >= 0.6 is 11.6 Å². The fraction of sp³-hybridized carbons (Fsp3) is 0.222. The van der Waals surface area contributed by atoms with Crippen molar-refractivity contribution in [2.45, 2.75) is 20.3 Å². The number of ketones is 1. The van der Waals surface area contributed by atoms with Gasteiger partial charge in [-0.3, -0.25) is 4.79 Å². The molecule has 0 unspecified atom stereocenters. The van der Waals surface area contributed by atoms with E-state index >= 15 is 0 Å². The number of halogens is 2. The number of hydrogen-bond acceptors (Lipinski definition) is 4. The Labute approximate surface area is 143 Å². The molecule has 0 saturated heterocycles. The van der Waals surface area contributed by atoms with Crippen molar-refractivity contribution in [3.63, 3.8) is 0 Å². The quantitative estimate of drug-likeness (QED) is 0.695. The fourth-order valence-electron chi connectivity index (χ4n) is 2.26. The highest BCUT2D eigenvalue weighted by atomic mass is 35.5. The van der Waals surface area contributed by atoms with Crippen LogP contribution in [-0.2, 0) is 11.2 Å². The number of anilines is 2. The number of aromatic nitrogens is 1. The molecule has 24 heavy (non-hydrogen) atoms. The first-order valence-corrected chi connectivity index (χ1v) is 7.95. The summed E-state index contributed by atoms with van der Waals surface area (Å²) in [5.41, 5.74) is 1.32. The molecule has 1 heterocycles. The Kier molecular flexibility index (Phi) is 4.53. The number of carbonyl (C=O) groups excluding carboxylic acids is 1. The Hall–Kier alpha value is -2.40. The summed E-state index contributed by atoms with van der Waals surface area (Å²) in [4.78, 5) is 16.0. The molecule has 0 radical (unpaired) electrons. The molecule has 2 aromatic carbocycles. The molecule has 0 aliphatic carbocycles. The lowest BCUT2D eigenvalue weighted by Gasteiger charge is -2.05. The first kappa shape index (κ1) is 16.5. The number of hydrogen-bond donors (Lipinski definition) is 1. The van der Waals surface area contributed by atoms with Crippen molar-refractivity contribution in [1.29, 1.82) is 0 Å². The van der Waals surface area contributed by atoms with E-state index in [1.54, 1.807) is 44.2 Å². The van der Waals surface area contributed by atoms with E-state index in [2.05, 4.69) is 10.3 Å². The van der Waals surface area contributed by atoms with Crippen LogP contribution in [0.25, 0.3) is 11.1 Å². The molecule has 0 saturated carbocycles. The monoisotopic (exact) mass is 346 g/mol. The maximum atomic E-state index is 14.6. The number of nitrogens with zero attached hydrogens (tertiary/aromatic N) is 1. The van der Waals surface area contributed by atoms with Gasteiger partial charge in [-0.15, -0.1) is 0 Å². The van der Waals surface area contributed by atoms with E-state index in [-0.39, 0.29) is 29.7 Å². The summed E-state index contributed by atoms with van der Waals surface area (Å²) in [7, 11) is 0. The lowest BCUT2D eigenvalue weighted by Crippen LogP contribution is -2.11. The molecule has 3 aromatic rings. The van der Waals surface area contributed by atoms with Crippen molar-refractivity contribution >= 4 is 40.2 Å². The molecule has 4 nitrogen and oxygen atoms in total. The molecule has 0 fully saturated rings. The Morgan fingerprint density at radius 3 is 2.75 bits per heavy atom. The van der Waals surface area contributed by atoms with Gasteiger partial charge in [0.15, 0.2) is 11.4 Å². The van der Waals surface area contributed by atoms with Gasteiger partial charge in [0.1, 0.15) is 11.3 Å². The highest BCUT2D eigenvalue weighted by molar-refractivity contribution is 6.33. The molecule has 0 amide bonds. The average molecular weight is 347 g/mol. The van der Waals surface area contributed by atoms with Gasteiger partial charge >= 0.3 is 0 Å². The molecule has 1 N–H and O–H groups in total. The van der Waals surface area contributed by atoms with Crippen molar-refractivity contribution in [3.05, 3.63) is 52.8 Å². The molecular weight excluding hydrogens is 331 g/mol. The molecule has 6 heteroatoms. The zero-order chi connectivity index (χ0) is 17.3. The number of benzene rings is 2. The number of oxazole rings is 1. The highest BCUT2D eigenvalue weighted by Crippen LogP contribution is 2.29. The van der Waals surface area contributed by atoms with Crippen LogP contribution in [0.2, 0.25) is 5.02 Å². The first-order valence-electron chi connectivity index (χ1n) is 7.58. The third-order valence-corrected chi connectivity index (χ3v) is 4.03. The fourth-order valence-corrected chi connectivity index (χ4v) is 2.44. The second kappa shape index (κ2) is 6.61. The van der Waals surface area contributed by atoms with E-state index in [1.165, 1.54) is 0 Å². The summed E-state index contributed by atoms with van der Waals surface area (Å²) < 4.78 is 20.1. The van der Waals surface area contributed by atoms with Crippen molar-refractivity contribution in [3.8, 4) is 0 Å². The largest absolute Gasteiger partial charge is 0.420 e. The molecule has 1 aromatic heterocycles. The Morgan fingerprint density at radius 2 is 2.04 bits per heavy atom. The van der Waals surface area contributed by atoms with Crippen molar-refractivity contribution in [2.24, 2.45) is 5.92 Å². The van der Waals surface area contributed by atoms with Crippen LogP contribution in [0.3, 0.4) is 0 Å². The molecular formula is C18H16ClFN2O2. The van der Waals surface area contributed by atoms with Gasteiger partial charge in [0, 0.05) is 12.3 Å². The summed E-state index contributed by atoms with van der Waals surface area (Å²) in [6, 6.07) is 10.5. The third kappa shape index (κ3) is 3.26. The summed E-state index contributed by atoms with van der Waals surface area (Å²) in [5, 5.41) is 3.43. The molecule has 124 valence electrons. The molecule has 0 spiro atoms. The van der Waals surface area contributed by atoms with Crippen LogP contribution in [-0.4, -0.2) is 10.8 Å². The van der Waals surface area contributed by atoms with Gasteiger partial charge in [0.25, 0.3) is 6.01 Å². The topological polar surface area (TPSA) is 55.1 Å². The van der Waals surface area contributed by atoms with Crippen molar-refractivity contribution in [2.75, 3.05) is 5.32 Å². The van der Waals surface area contributed by atoms with E-state index < -0.39 is 5.82 Å². The van der Waals surface area contributed by atoms with Crippen LogP contribution < -0.4 is 5.32 Å². The maximum absolute atomic E-state index is 14.6. The smallest absolute Gasteiger partial charge is 0.300 e. The average Bonchev–Trinajstić information content (AvgIpc) is 2.96. The number of carbonyl (C=O) groups is 1. The van der Waals surface area contributed by atoms with Gasteiger partial charge < -0.3 is 9.73 Å². The second-order valence-electron chi connectivity index (χ2n) is 5.81. The number of fused-ring (bicyclic) bond motifs is 1. The minimum Gasteiger partial charge on any atom is -0.420 e. The zero-order valence-corrected chi connectivity index (χ0v) is 14.0. The minimum absolute atomic E-state index is 0.0258. The normalized spacial score (nSPS) is 11.2. The van der Waals surface area contributed by atoms with Crippen molar-refractivity contribution < 1.29 is 13.6 Å². The lowest BCUT2D eigenvalue weighted by atomic mass is 10.0. The van der Waals surface area contributed by atoms with Gasteiger partial charge in [0.2, 0.25) is 0 Å². The summed E-state index contributed by atoms with van der Waals surface area (Å²) >= 11 is 6.07. The standard InChI is InChI=1S/C18H16ClFN2O2/c1-10(2)15(23)9-11-7-8-14-17(16(11)20)24-18(22-14)21-13-6-4-3-5-12(13)19/h3-8,10H,9H2,1-2H3,(H,21,22). The number of Topliss-reactive ketones (excluding diaryl/α,β-unsaturated/α-hetero) is 1. The van der Waals surface area contributed by atoms with Crippen LogP contribution in [0.15, 0.2) is 40.8 Å². The molecule has 0 bridgehead atoms. The van der Waals surface area contributed by atoms with Gasteiger partial charge in [0.05, 0.1) is 10.7 Å². The molecule has 0 aliphatic rings. The van der Waals surface area contributed by atoms with Crippen LogP contribution in [0.4, 0.5) is 16.1 Å². The third-order valence-electron chi connectivity index (χ3n) is 3.70. The second-order valence-corrected chi connectivity index (χ2v) is 6.22. The molecule has 0 atom stereocenters. The van der Waals surface area contributed by atoms with E-state index in [0.29, 0.717) is 21.8 Å². The molecule has 3 rings (SSSR count). The molecule has 0 aliphatic heterocycles. The van der Waals surface area contributed by atoms with Crippen LogP contribution in [0.5, 0.6) is 0 Å². The highest BCUT2D eigenvalue weighted by Gasteiger charge is 2.18. The van der Waals surface area contributed by atoms with E-state index in [0.717, 1.165) is 0 Å². The Bertz CT molecular complexity index is 905. The van der Waals surface area contributed by atoms with Gasteiger partial charge in [-0.05, 0) is 23.8 Å². The summed E-state index contributed by atoms with van der Waals surface area (Å²) in [6.45, 7) is 3.58. The van der Waals surface area contributed by atoms with E-state index in [9.17, 15) is 9.18 Å². The van der Waals surface area contributed by atoms with Crippen LogP contribution in [0.1, 0.15) is 19.4 Å². The number of nitrogens with one attached hydrogen (secondary N) is 1. The maximum Gasteiger partial charge on any atom is 0.300 e. The van der Waals surface area contributed by atoms with E-state index in [4.69, 9.17) is 16.0 Å².